The number of nitrogens with zero attached hydrogens (tertiary/aromatic N) is 1. The van der Waals surface area contributed by atoms with Gasteiger partial charge >= 0.3 is 0 Å². The van der Waals surface area contributed by atoms with Gasteiger partial charge in [-0.05, 0) is 24.8 Å². The van der Waals surface area contributed by atoms with Crippen molar-refractivity contribution >= 4 is 11.3 Å². The topological polar surface area (TPSA) is 15.3 Å². The highest BCUT2D eigenvalue weighted by atomic mass is 32.1. The molecule has 2 rings (SSSR count). The quantitative estimate of drug-likeness (QED) is 0.815. The predicted octanol–water partition coefficient (Wildman–Crippen LogP) is 1.58. The zero-order valence-electron chi connectivity index (χ0n) is 8.70. The maximum atomic E-state index is 3.42. The van der Waals surface area contributed by atoms with Gasteiger partial charge in [0.25, 0.3) is 0 Å². The minimum Gasteiger partial charge on any atom is -0.314 e. The molecular formula is C11H18N2S. The van der Waals surface area contributed by atoms with Crippen LogP contribution in [0.3, 0.4) is 0 Å². The van der Waals surface area contributed by atoms with Gasteiger partial charge in [0.05, 0.1) is 0 Å². The van der Waals surface area contributed by atoms with Gasteiger partial charge in [0, 0.05) is 37.1 Å². The maximum absolute atomic E-state index is 3.42. The molecule has 1 N–H and O–H groups in total. The third-order valence-corrected chi connectivity index (χ3v) is 3.80. The van der Waals surface area contributed by atoms with Crippen molar-refractivity contribution in [3.05, 3.63) is 22.4 Å². The van der Waals surface area contributed by atoms with E-state index in [-0.39, 0.29) is 0 Å². The molecule has 0 aromatic carbocycles. The summed E-state index contributed by atoms with van der Waals surface area (Å²) in [5.41, 5.74) is 0. The molecule has 2 heterocycles. The summed E-state index contributed by atoms with van der Waals surface area (Å²) in [6.07, 6.45) is 1.21. The molecule has 1 aliphatic heterocycles. The molecule has 2 nitrogen and oxygen atoms in total. The lowest BCUT2D eigenvalue weighted by atomic mass is 10.2. The van der Waals surface area contributed by atoms with Crippen LogP contribution in [0.5, 0.6) is 0 Å². The minimum atomic E-state index is 0.698. The van der Waals surface area contributed by atoms with Crippen LogP contribution in [0, 0.1) is 0 Å². The highest BCUT2D eigenvalue weighted by Crippen LogP contribution is 2.11. The van der Waals surface area contributed by atoms with Crippen molar-refractivity contribution < 1.29 is 0 Å². The fourth-order valence-corrected chi connectivity index (χ4v) is 2.62. The molecule has 0 saturated carbocycles. The van der Waals surface area contributed by atoms with Gasteiger partial charge < -0.3 is 5.32 Å². The Hall–Kier alpha value is -0.380. The van der Waals surface area contributed by atoms with Crippen LogP contribution < -0.4 is 5.32 Å². The zero-order valence-corrected chi connectivity index (χ0v) is 9.52. The fourth-order valence-electron chi connectivity index (χ4n) is 1.92. The Balaban J connectivity index is 1.79. The molecular weight excluding hydrogens is 192 g/mol. The molecule has 1 aliphatic rings. The number of rotatable bonds is 3. The SMILES string of the molecule is C[C@H]1CNCCN1CCc1cccs1. The minimum absolute atomic E-state index is 0.698. The fraction of sp³-hybridized carbons (Fsp3) is 0.636. The van der Waals surface area contributed by atoms with E-state index >= 15 is 0 Å². The molecule has 1 atom stereocenters. The second-order valence-corrected chi connectivity index (χ2v) is 4.95. The Morgan fingerprint density at radius 3 is 3.29 bits per heavy atom. The summed E-state index contributed by atoms with van der Waals surface area (Å²) in [4.78, 5) is 4.09. The van der Waals surface area contributed by atoms with Crippen LogP contribution >= 0.6 is 11.3 Å². The van der Waals surface area contributed by atoms with Crippen LogP contribution in [-0.2, 0) is 6.42 Å². The Morgan fingerprint density at radius 2 is 2.57 bits per heavy atom. The van der Waals surface area contributed by atoms with Gasteiger partial charge in [-0.1, -0.05) is 6.07 Å². The molecule has 0 unspecified atom stereocenters. The number of hydrogen-bond donors (Lipinski definition) is 1. The second-order valence-electron chi connectivity index (χ2n) is 3.92. The van der Waals surface area contributed by atoms with E-state index < -0.39 is 0 Å². The summed E-state index contributed by atoms with van der Waals surface area (Å²) in [6, 6.07) is 5.07. The third kappa shape index (κ3) is 2.56. The van der Waals surface area contributed by atoms with Gasteiger partial charge in [0.15, 0.2) is 0 Å². The molecule has 3 heteroatoms. The summed E-state index contributed by atoms with van der Waals surface area (Å²) in [7, 11) is 0. The normalized spacial score (nSPS) is 23.9. The molecule has 1 aromatic rings. The molecule has 0 radical (unpaired) electrons. The zero-order chi connectivity index (χ0) is 9.80. The monoisotopic (exact) mass is 210 g/mol. The Morgan fingerprint density at radius 1 is 1.64 bits per heavy atom. The largest absolute Gasteiger partial charge is 0.314 e. The van der Waals surface area contributed by atoms with E-state index in [0.717, 1.165) is 13.1 Å². The summed E-state index contributed by atoms with van der Waals surface area (Å²) in [5, 5.41) is 5.58. The lowest BCUT2D eigenvalue weighted by Gasteiger charge is -2.33. The van der Waals surface area contributed by atoms with E-state index in [0.29, 0.717) is 6.04 Å². The van der Waals surface area contributed by atoms with Gasteiger partial charge in [0.2, 0.25) is 0 Å². The lowest BCUT2D eigenvalue weighted by molar-refractivity contribution is 0.176. The van der Waals surface area contributed by atoms with Crippen LogP contribution in [0.25, 0.3) is 0 Å². The van der Waals surface area contributed by atoms with E-state index in [9.17, 15) is 0 Å². The lowest BCUT2D eigenvalue weighted by Crippen LogP contribution is -2.50. The molecule has 78 valence electrons. The first kappa shape index (κ1) is 10.1. The summed E-state index contributed by atoms with van der Waals surface area (Å²) in [6.45, 7) is 7.01. The first-order valence-electron chi connectivity index (χ1n) is 5.33. The number of nitrogens with one attached hydrogen (secondary N) is 1. The Bertz CT molecular complexity index is 258. The summed E-state index contributed by atoms with van der Waals surface area (Å²) < 4.78 is 0. The third-order valence-electron chi connectivity index (χ3n) is 2.86. The highest BCUT2D eigenvalue weighted by Gasteiger charge is 2.16. The molecule has 0 bridgehead atoms. The van der Waals surface area contributed by atoms with Crippen molar-refractivity contribution in [2.45, 2.75) is 19.4 Å². The highest BCUT2D eigenvalue weighted by molar-refractivity contribution is 7.09. The van der Waals surface area contributed by atoms with Crippen molar-refractivity contribution in [2.75, 3.05) is 26.2 Å². The summed E-state index contributed by atoms with van der Waals surface area (Å²) >= 11 is 1.87. The molecule has 1 aromatic heterocycles. The molecule has 0 amide bonds. The van der Waals surface area contributed by atoms with E-state index in [1.807, 2.05) is 11.3 Å². The van der Waals surface area contributed by atoms with Crippen LogP contribution in [-0.4, -0.2) is 37.1 Å². The van der Waals surface area contributed by atoms with Crippen LogP contribution in [0.2, 0.25) is 0 Å². The van der Waals surface area contributed by atoms with Crippen LogP contribution in [0.1, 0.15) is 11.8 Å². The maximum Gasteiger partial charge on any atom is 0.0193 e. The number of piperazine rings is 1. The van der Waals surface area contributed by atoms with Crippen molar-refractivity contribution in [1.82, 2.24) is 10.2 Å². The molecule has 1 fully saturated rings. The van der Waals surface area contributed by atoms with Crippen molar-refractivity contribution in [3.63, 3.8) is 0 Å². The van der Waals surface area contributed by atoms with E-state index in [4.69, 9.17) is 0 Å². The Kier molecular flexibility index (Phi) is 3.56. The summed E-state index contributed by atoms with van der Waals surface area (Å²) in [5.74, 6) is 0. The van der Waals surface area contributed by atoms with Gasteiger partial charge in [-0.2, -0.15) is 0 Å². The van der Waals surface area contributed by atoms with Gasteiger partial charge in [-0.3, -0.25) is 4.90 Å². The van der Waals surface area contributed by atoms with E-state index in [2.05, 4.69) is 34.7 Å². The van der Waals surface area contributed by atoms with Gasteiger partial charge in [0.1, 0.15) is 0 Å². The van der Waals surface area contributed by atoms with Gasteiger partial charge in [-0.15, -0.1) is 11.3 Å². The van der Waals surface area contributed by atoms with Crippen molar-refractivity contribution in [3.8, 4) is 0 Å². The first-order chi connectivity index (χ1) is 6.86. The van der Waals surface area contributed by atoms with Crippen LogP contribution in [0.4, 0.5) is 0 Å². The van der Waals surface area contributed by atoms with Crippen molar-refractivity contribution in [1.29, 1.82) is 0 Å². The molecule has 0 aliphatic carbocycles. The predicted molar refractivity (Wildman–Crippen MR) is 61.9 cm³/mol. The molecule has 14 heavy (non-hydrogen) atoms. The number of thiophene rings is 1. The average molecular weight is 210 g/mol. The molecule has 1 saturated heterocycles. The number of hydrogen-bond acceptors (Lipinski definition) is 3. The molecule has 0 spiro atoms. The van der Waals surface area contributed by atoms with Crippen LogP contribution in [0.15, 0.2) is 17.5 Å². The second kappa shape index (κ2) is 4.91. The van der Waals surface area contributed by atoms with Crippen molar-refractivity contribution in [2.24, 2.45) is 0 Å². The Labute approximate surface area is 89.9 Å². The average Bonchev–Trinajstić information content (AvgIpc) is 2.69. The standard InChI is InChI=1S/C11H18N2S/c1-10-9-12-5-7-13(10)6-4-11-3-2-8-14-11/h2-3,8,10,12H,4-7,9H2,1H3/t10-/m0/s1. The first-order valence-corrected chi connectivity index (χ1v) is 6.21. The van der Waals surface area contributed by atoms with E-state index in [1.165, 1.54) is 24.4 Å². The van der Waals surface area contributed by atoms with E-state index in [1.54, 1.807) is 0 Å². The van der Waals surface area contributed by atoms with Gasteiger partial charge in [-0.25, -0.2) is 0 Å². The smallest absolute Gasteiger partial charge is 0.0193 e.